The number of aromatic nitrogens is 2. The number of carbonyl (C=O) groups excluding carboxylic acids is 2. The van der Waals surface area contributed by atoms with Gasteiger partial charge in [-0.1, -0.05) is 12.1 Å². The third-order valence-corrected chi connectivity index (χ3v) is 4.61. The number of rotatable bonds is 3. The van der Waals surface area contributed by atoms with Crippen LogP contribution < -0.4 is 4.74 Å². The Morgan fingerprint density at radius 3 is 2.44 bits per heavy atom. The number of carbonyl (C=O) groups is 2. The summed E-state index contributed by atoms with van der Waals surface area (Å²) in [5, 5.41) is 4.06. The number of hydrogen-bond donors (Lipinski definition) is 0. The molecule has 2 heterocycles. The molecule has 2 aromatic rings. The summed E-state index contributed by atoms with van der Waals surface area (Å²) in [7, 11) is 3.37. The highest BCUT2D eigenvalue weighted by atomic mass is 16.5. The molecule has 7 nitrogen and oxygen atoms in total. The smallest absolute Gasteiger partial charge is 0.272 e. The van der Waals surface area contributed by atoms with Gasteiger partial charge in [0.15, 0.2) is 0 Å². The molecular weight excluding hydrogens is 320 g/mol. The van der Waals surface area contributed by atoms with Crippen molar-refractivity contribution in [1.29, 1.82) is 0 Å². The van der Waals surface area contributed by atoms with Gasteiger partial charge in [0.2, 0.25) is 5.91 Å². The molecular formula is C18H22N4O3. The van der Waals surface area contributed by atoms with E-state index in [9.17, 15) is 9.59 Å². The van der Waals surface area contributed by atoms with E-state index < -0.39 is 0 Å². The topological polar surface area (TPSA) is 67.7 Å². The molecule has 2 amide bonds. The van der Waals surface area contributed by atoms with Crippen molar-refractivity contribution in [2.75, 3.05) is 26.7 Å². The monoisotopic (exact) mass is 342 g/mol. The Balaban J connectivity index is 1.85. The van der Waals surface area contributed by atoms with Crippen LogP contribution in [0.1, 0.15) is 29.0 Å². The number of ether oxygens (including phenoxy) is 1. The van der Waals surface area contributed by atoms with E-state index in [1.54, 1.807) is 42.9 Å². The van der Waals surface area contributed by atoms with Crippen LogP contribution >= 0.6 is 0 Å². The van der Waals surface area contributed by atoms with Gasteiger partial charge in [-0.3, -0.25) is 14.3 Å². The normalized spacial score (nSPS) is 17.5. The summed E-state index contributed by atoms with van der Waals surface area (Å²) in [5.41, 5.74) is 1.53. The summed E-state index contributed by atoms with van der Waals surface area (Å²) in [6, 6.07) is 9.16. The number of hydrogen-bond acceptors (Lipinski definition) is 4. The van der Waals surface area contributed by atoms with Crippen LogP contribution in [0.4, 0.5) is 0 Å². The maximum Gasteiger partial charge on any atom is 0.272 e. The van der Waals surface area contributed by atoms with Gasteiger partial charge in [0.25, 0.3) is 5.91 Å². The second-order valence-corrected chi connectivity index (χ2v) is 6.09. The van der Waals surface area contributed by atoms with Crippen molar-refractivity contribution in [2.45, 2.75) is 13.0 Å². The average molecular weight is 342 g/mol. The van der Waals surface area contributed by atoms with Crippen molar-refractivity contribution in [2.24, 2.45) is 7.05 Å². The van der Waals surface area contributed by atoms with Gasteiger partial charge in [0.05, 0.1) is 13.2 Å². The Hall–Kier alpha value is -2.83. The molecule has 3 rings (SSSR count). The van der Waals surface area contributed by atoms with Gasteiger partial charge in [-0.05, 0) is 23.8 Å². The number of piperazine rings is 1. The molecule has 0 radical (unpaired) electrons. The minimum absolute atomic E-state index is 0.00782. The number of benzene rings is 1. The molecule has 1 aromatic carbocycles. The first kappa shape index (κ1) is 17.0. The van der Waals surface area contributed by atoms with Crippen LogP contribution in [-0.2, 0) is 11.8 Å². The van der Waals surface area contributed by atoms with E-state index in [1.807, 2.05) is 29.2 Å². The molecule has 1 fully saturated rings. The lowest BCUT2D eigenvalue weighted by Gasteiger charge is -2.41. The van der Waals surface area contributed by atoms with E-state index in [4.69, 9.17) is 4.74 Å². The van der Waals surface area contributed by atoms with Crippen LogP contribution in [0.5, 0.6) is 5.75 Å². The molecule has 1 unspecified atom stereocenters. The van der Waals surface area contributed by atoms with Gasteiger partial charge in [-0.25, -0.2) is 0 Å². The van der Waals surface area contributed by atoms with Crippen molar-refractivity contribution in [3.05, 3.63) is 47.8 Å². The summed E-state index contributed by atoms with van der Waals surface area (Å²) in [6.45, 7) is 3.04. The molecule has 1 aliphatic rings. The lowest BCUT2D eigenvalue weighted by atomic mass is 10.0. The van der Waals surface area contributed by atoms with Crippen LogP contribution in [0.3, 0.4) is 0 Å². The summed E-state index contributed by atoms with van der Waals surface area (Å²) in [5.74, 6) is 0.701. The molecule has 0 N–H and O–H groups in total. The van der Waals surface area contributed by atoms with Crippen LogP contribution in [0.2, 0.25) is 0 Å². The quantitative estimate of drug-likeness (QED) is 0.847. The Labute approximate surface area is 146 Å². The molecule has 132 valence electrons. The zero-order valence-electron chi connectivity index (χ0n) is 14.7. The highest BCUT2D eigenvalue weighted by molar-refractivity contribution is 5.92. The predicted octanol–water partition coefficient (Wildman–Crippen LogP) is 1.47. The van der Waals surface area contributed by atoms with Crippen molar-refractivity contribution in [3.8, 4) is 5.75 Å². The molecule has 1 saturated heterocycles. The molecule has 1 aromatic heterocycles. The molecule has 0 spiro atoms. The van der Waals surface area contributed by atoms with Crippen LogP contribution in [0.15, 0.2) is 36.5 Å². The van der Waals surface area contributed by atoms with Crippen molar-refractivity contribution in [1.82, 2.24) is 19.6 Å². The zero-order chi connectivity index (χ0) is 18.0. The van der Waals surface area contributed by atoms with Crippen LogP contribution in [-0.4, -0.2) is 58.1 Å². The fourth-order valence-corrected chi connectivity index (χ4v) is 3.20. The van der Waals surface area contributed by atoms with E-state index in [-0.39, 0.29) is 17.9 Å². The van der Waals surface area contributed by atoms with E-state index in [2.05, 4.69) is 5.10 Å². The van der Waals surface area contributed by atoms with Crippen molar-refractivity contribution in [3.63, 3.8) is 0 Å². The fourth-order valence-electron chi connectivity index (χ4n) is 3.20. The molecule has 0 saturated carbocycles. The Morgan fingerprint density at radius 2 is 1.88 bits per heavy atom. The number of aryl methyl sites for hydroxylation is 1. The number of nitrogens with zero attached hydrogens (tertiary/aromatic N) is 4. The standard InChI is InChI=1S/C18H22N4O3/c1-13(23)22-11-10-21(18(24)16-8-9-19-20(16)2)12-17(22)14-4-6-15(25-3)7-5-14/h4-9,17H,10-12H2,1-3H3. The van der Waals surface area contributed by atoms with E-state index in [1.165, 1.54) is 0 Å². The van der Waals surface area contributed by atoms with E-state index in [0.29, 0.717) is 25.3 Å². The van der Waals surface area contributed by atoms with Crippen molar-refractivity contribution >= 4 is 11.8 Å². The van der Waals surface area contributed by atoms with Gasteiger partial charge in [-0.2, -0.15) is 5.10 Å². The minimum atomic E-state index is -0.172. The van der Waals surface area contributed by atoms with Gasteiger partial charge in [0.1, 0.15) is 11.4 Å². The molecule has 0 bridgehead atoms. The first-order chi connectivity index (χ1) is 12.0. The van der Waals surface area contributed by atoms with Crippen LogP contribution in [0.25, 0.3) is 0 Å². The average Bonchev–Trinajstić information content (AvgIpc) is 3.06. The highest BCUT2D eigenvalue weighted by Crippen LogP contribution is 2.28. The third-order valence-electron chi connectivity index (χ3n) is 4.61. The molecule has 1 aliphatic heterocycles. The van der Waals surface area contributed by atoms with Gasteiger partial charge in [-0.15, -0.1) is 0 Å². The third kappa shape index (κ3) is 3.35. The predicted molar refractivity (Wildman–Crippen MR) is 92.2 cm³/mol. The second-order valence-electron chi connectivity index (χ2n) is 6.09. The summed E-state index contributed by atoms with van der Waals surface area (Å²) in [6.07, 6.45) is 1.61. The summed E-state index contributed by atoms with van der Waals surface area (Å²) in [4.78, 5) is 28.4. The van der Waals surface area contributed by atoms with Gasteiger partial charge >= 0.3 is 0 Å². The maximum atomic E-state index is 12.8. The van der Waals surface area contributed by atoms with Gasteiger partial charge in [0, 0.05) is 39.8 Å². The molecule has 1 atom stereocenters. The number of methoxy groups -OCH3 is 1. The number of amides is 2. The molecule has 0 aliphatic carbocycles. The lowest BCUT2D eigenvalue weighted by Crippen LogP contribution is -2.52. The van der Waals surface area contributed by atoms with Gasteiger partial charge < -0.3 is 14.5 Å². The Morgan fingerprint density at radius 1 is 1.16 bits per heavy atom. The molecule has 25 heavy (non-hydrogen) atoms. The highest BCUT2D eigenvalue weighted by Gasteiger charge is 2.33. The fraction of sp³-hybridized carbons (Fsp3) is 0.389. The molecule has 7 heteroatoms. The lowest BCUT2D eigenvalue weighted by molar-refractivity contribution is -0.133. The zero-order valence-corrected chi connectivity index (χ0v) is 14.7. The van der Waals surface area contributed by atoms with Crippen molar-refractivity contribution < 1.29 is 14.3 Å². The van der Waals surface area contributed by atoms with E-state index in [0.717, 1.165) is 11.3 Å². The SMILES string of the molecule is COc1ccc(C2CN(C(=O)c3ccnn3C)CCN2C(C)=O)cc1. The first-order valence-electron chi connectivity index (χ1n) is 8.19. The second kappa shape index (κ2) is 6.96. The van der Waals surface area contributed by atoms with E-state index >= 15 is 0 Å². The van der Waals surface area contributed by atoms with Crippen LogP contribution in [0, 0.1) is 0 Å². The summed E-state index contributed by atoms with van der Waals surface area (Å²) < 4.78 is 6.77. The Bertz CT molecular complexity index is 769. The Kier molecular flexibility index (Phi) is 4.74. The minimum Gasteiger partial charge on any atom is -0.497 e. The largest absolute Gasteiger partial charge is 0.497 e. The maximum absolute atomic E-state index is 12.8. The first-order valence-corrected chi connectivity index (χ1v) is 8.19. The summed E-state index contributed by atoms with van der Waals surface area (Å²) >= 11 is 0.